The van der Waals surface area contributed by atoms with Crippen LogP contribution in [0.1, 0.15) is 5.56 Å². The highest BCUT2D eigenvalue weighted by Crippen LogP contribution is 2.22. The summed E-state index contributed by atoms with van der Waals surface area (Å²) in [6.45, 7) is 0. The van der Waals surface area contributed by atoms with E-state index >= 15 is 0 Å². The Morgan fingerprint density at radius 3 is 2.35 bits per heavy atom. The summed E-state index contributed by atoms with van der Waals surface area (Å²) in [6.07, 6.45) is 4.95. The lowest BCUT2D eigenvalue weighted by Gasteiger charge is -2.01. The third kappa shape index (κ3) is 3.19. The Hall–Kier alpha value is -1.58. The predicted octanol–water partition coefficient (Wildman–Crippen LogP) is 3.83. The molecule has 1 N–H and O–H groups in total. The molecule has 0 aliphatic rings. The molecule has 2 rings (SSSR count). The molecule has 0 amide bonds. The van der Waals surface area contributed by atoms with Gasteiger partial charge in [-0.1, -0.05) is 29.3 Å². The molecule has 0 fully saturated rings. The van der Waals surface area contributed by atoms with Gasteiger partial charge in [-0.05, 0) is 24.3 Å². The predicted molar refractivity (Wildman–Crippen MR) is 71.9 cm³/mol. The Labute approximate surface area is 109 Å². The zero-order valence-corrected chi connectivity index (χ0v) is 10.3. The lowest BCUT2D eigenvalue weighted by Crippen LogP contribution is -1.92. The van der Waals surface area contributed by atoms with Crippen molar-refractivity contribution >= 4 is 35.1 Å². The van der Waals surface area contributed by atoms with E-state index in [9.17, 15) is 0 Å². The molecule has 0 bridgehead atoms. The van der Waals surface area contributed by atoms with Crippen LogP contribution in [0.25, 0.3) is 0 Å². The molecule has 0 spiro atoms. The van der Waals surface area contributed by atoms with E-state index in [0.29, 0.717) is 15.6 Å². The van der Waals surface area contributed by atoms with E-state index in [1.54, 1.807) is 36.8 Å². The van der Waals surface area contributed by atoms with Gasteiger partial charge >= 0.3 is 0 Å². The maximum atomic E-state index is 6.00. The normalized spacial score (nSPS) is 10.7. The highest BCUT2D eigenvalue weighted by atomic mass is 35.5. The zero-order chi connectivity index (χ0) is 12.1. The van der Waals surface area contributed by atoms with E-state index in [-0.39, 0.29) is 0 Å². The average Bonchev–Trinajstić information content (AvgIpc) is 2.34. The fourth-order valence-corrected chi connectivity index (χ4v) is 1.73. The summed E-state index contributed by atoms with van der Waals surface area (Å²) < 4.78 is 0. The van der Waals surface area contributed by atoms with Crippen molar-refractivity contribution in [1.82, 2.24) is 4.98 Å². The molecule has 0 atom stereocenters. The summed E-state index contributed by atoms with van der Waals surface area (Å²) in [5, 5.41) is 5.20. The highest BCUT2D eigenvalue weighted by molar-refractivity contribution is 6.38. The average molecular weight is 266 g/mol. The van der Waals surface area contributed by atoms with E-state index in [2.05, 4.69) is 15.5 Å². The Kier molecular flexibility index (Phi) is 3.96. The summed E-state index contributed by atoms with van der Waals surface area (Å²) >= 11 is 12.0. The number of pyridine rings is 1. The maximum absolute atomic E-state index is 6.00. The molecule has 5 heteroatoms. The molecule has 0 saturated carbocycles. The minimum Gasteiger partial charge on any atom is -0.278 e. The minimum atomic E-state index is 0.567. The van der Waals surface area contributed by atoms with Crippen LogP contribution < -0.4 is 5.43 Å². The molecule has 2 aromatic rings. The van der Waals surface area contributed by atoms with Crippen molar-refractivity contribution < 1.29 is 0 Å². The first kappa shape index (κ1) is 11.9. The zero-order valence-electron chi connectivity index (χ0n) is 8.77. The van der Waals surface area contributed by atoms with Crippen LogP contribution in [0.5, 0.6) is 0 Å². The number of rotatable bonds is 3. The summed E-state index contributed by atoms with van der Waals surface area (Å²) in [7, 11) is 0. The van der Waals surface area contributed by atoms with Gasteiger partial charge in [-0.3, -0.25) is 10.4 Å². The number of hydrazone groups is 1. The Balaban J connectivity index is 2.11. The van der Waals surface area contributed by atoms with Crippen LogP contribution in [-0.2, 0) is 0 Å². The third-order valence-corrected chi connectivity index (χ3v) is 2.73. The number of anilines is 1. The third-order valence-electron chi connectivity index (χ3n) is 2.07. The highest BCUT2D eigenvalue weighted by Gasteiger charge is 2.01. The standard InChI is InChI=1S/C12H9Cl2N3/c13-11-2-1-3-12(14)10(11)8-16-17-9-4-6-15-7-5-9/h1-8H,(H,15,17). The number of nitrogens with zero attached hydrogens (tertiary/aromatic N) is 2. The number of hydrogen-bond acceptors (Lipinski definition) is 3. The number of halogens is 2. The first-order valence-corrected chi connectivity index (χ1v) is 5.66. The second-order valence-corrected chi connectivity index (χ2v) is 4.06. The second kappa shape index (κ2) is 5.66. The number of hydrogen-bond donors (Lipinski definition) is 1. The van der Waals surface area contributed by atoms with Crippen LogP contribution in [-0.4, -0.2) is 11.2 Å². The molecule has 3 nitrogen and oxygen atoms in total. The molecular weight excluding hydrogens is 257 g/mol. The molecular formula is C12H9Cl2N3. The Morgan fingerprint density at radius 1 is 1.06 bits per heavy atom. The van der Waals surface area contributed by atoms with Crippen molar-refractivity contribution in [2.75, 3.05) is 5.43 Å². The van der Waals surface area contributed by atoms with Crippen LogP contribution in [0.4, 0.5) is 5.69 Å². The number of nitrogens with one attached hydrogen (secondary N) is 1. The van der Waals surface area contributed by atoms with Crippen molar-refractivity contribution in [3.8, 4) is 0 Å². The van der Waals surface area contributed by atoms with Gasteiger partial charge in [0, 0.05) is 18.0 Å². The smallest absolute Gasteiger partial charge is 0.0592 e. The fourth-order valence-electron chi connectivity index (χ4n) is 1.23. The van der Waals surface area contributed by atoms with Crippen molar-refractivity contribution in [2.24, 2.45) is 5.10 Å². The van der Waals surface area contributed by atoms with Gasteiger partial charge < -0.3 is 0 Å². The molecule has 17 heavy (non-hydrogen) atoms. The van der Waals surface area contributed by atoms with Gasteiger partial charge in [0.05, 0.1) is 21.9 Å². The summed E-state index contributed by atoms with van der Waals surface area (Å²) in [5.74, 6) is 0. The topological polar surface area (TPSA) is 37.3 Å². The molecule has 0 radical (unpaired) electrons. The molecule has 0 saturated heterocycles. The maximum Gasteiger partial charge on any atom is 0.0592 e. The van der Waals surface area contributed by atoms with Crippen LogP contribution in [0.2, 0.25) is 10.0 Å². The minimum absolute atomic E-state index is 0.567. The van der Waals surface area contributed by atoms with Crippen LogP contribution in [0, 0.1) is 0 Å². The molecule has 0 aliphatic heterocycles. The summed E-state index contributed by atoms with van der Waals surface area (Å²) in [5.41, 5.74) is 4.40. The molecule has 1 aromatic heterocycles. The van der Waals surface area contributed by atoms with E-state index in [0.717, 1.165) is 5.69 Å². The van der Waals surface area contributed by atoms with Crippen LogP contribution in [0.15, 0.2) is 47.8 Å². The first-order chi connectivity index (χ1) is 8.27. The SMILES string of the molecule is Clc1cccc(Cl)c1C=NNc1ccncc1. The van der Waals surface area contributed by atoms with Gasteiger partial charge in [-0.15, -0.1) is 0 Å². The summed E-state index contributed by atoms with van der Waals surface area (Å²) in [4.78, 5) is 3.91. The van der Waals surface area contributed by atoms with Gasteiger partial charge in [0.25, 0.3) is 0 Å². The van der Waals surface area contributed by atoms with Gasteiger partial charge in [0.15, 0.2) is 0 Å². The van der Waals surface area contributed by atoms with Gasteiger partial charge in [0.1, 0.15) is 0 Å². The Morgan fingerprint density at radius 2 is 1.71 bits per heavy atom. The largest absolute Gasteiger partial charge is 0.278 e. The summed E-state index contributed by atoms with van der Waals surface area (Å²) in [6, 6.07) is 8.94. The van der Waals surface area contributed by atoms with Gasteiger partial charge in [-0.2, -0.15) is 5.10 Å². The molecule has 1 heterocycles. The lowest BCUT2D eigenvalue weighted by atomic mass is 10.2. The van der Waals surface area contributed by atoms with Crippen molar-refractivity contribution in [3.63, 3.8) is 0 Å². The van der Waals surface area contributed by atoms with Gasteiger partial charge in [-0.25, -0.2) is 0 Å². The fraction of sp³-hybridized carbons (Fsp3) is 0. The molecule has 86 valence electrons. The molecule has 1 aromatic carbocycles. The quantitative estimate of drug-likeness (QED) is 0.677. The first-order valence-electron chi connectivity index (χ1n) is 4.90. The second-order valence-electron chi connectivity index (χ2n) is 3.24. The van der Waals surface area contributed by atoms with Crippen LogP contribution in [0.3, 0.4) is 0 Å². The van der Waals surface area contributed by atoms with E-state index in [4.69, 9.17) is 23.2 Å². The van der Waals surface area contributed by atoms with Crippen molar-refractivity contribution in [2.45, 2.75) is 0 Å². The van der Waals surface area contributed by atoms with Crippen molar-refractivity contribution in [3.05, 3.63) is 58.3 Å². The van der Waals surface area contributed by atoms with Gasteiger partial charge in [0.2, 0.25) is 0 Å². The van der Waals surface area contributed by atoms with E-state index in [1.807, 2.05) is 12.1 Å². The van der Waals surface area contributed by atoms with E-state index < -0.39 is 0 Å². The lowest BCUT2D eigenvalue weighted by molar-refractivity contribution is 1.28. The van der Waals surface area contributed by atoms with E-state index in [1.165, 1.54) is 0 Å². The van der Waals surface area contributed by atoms with Crippen molar-refractivity contribution in [1.29, 1.82) is 0 Å². The molecule has 0 unspecified atom stereocenters. The Bertz CT molecular complexity index is 506. The number of aromatic nitrogens is 1. The molecule has 0 aliphatic carbocycles. The monoisotopic (exact) mass is 265 g/mol. The number of benzene rings is 1. The van der Waals surface area contributed by atoms with Crippen LogP contribution >= 0.6 is 23.2 Å².